The lowest BCUT2D eigenvalue weighted by atomic mass is 10.0. The van der Waals surface area contributed by atoms with Crippen LogP contribution in [-0.2, 0) is 6.54 Å². The number of hydrogen-bond donors (Lipinski definition) is 1. The Morgan fingerprint density at radius 3 is 2.76 bits per heavy atom. The standard InChI is InChI=1S/C17H17F2N5O/c1-23(2)14-4-6-20-16(10-14)17-12(8-13(18)9-15(17)19)11-22-25-24-7-3-5-21-24/h3-10,22H,11H2,1-2H3. The highest BCUT2D eigenvalue weighted by atomic mass is 19.1. The number of pyridine rings is 1. The number of rotatable bonds is 6. The monoisotopic (exact) mass is 345 g/mol. The van der Waals surface area contributed by atoms with Crippen LogP contribution >= 0.6 is 0 Å². The highest BCUT2D eigenvalue weighted by Gasteiger charge is 2.15. The van der Waals surface area contributed by atoms with Crippen molar-refractivity contribution in [3.05, 3.63) is 66.1 Å². The summed E-state index contributed by atoms with van der Waals surface area (Å²) >= 11 is 0. The first kappa shape index (κ1) is 16.8. The van der Waals surface area contributed by atoms with Crippen molar-refractivity contribution in [2.45, 2.75) is 6.54 Å². The molecular formula is C17H17F2N5O. The van der Waals surface area contributed by atoms with Crippen LogP contribution < -0.4 is 15.3 Å². The van der Waals surface area contributed by atoms with E-state index in [9.17, 15) is 8.78 Å². The fourth-order valence-corrected chi connectivity index (χ4v) is 2.37. The molecule has 0 aliphatic rings. The maximum Gasteiger partial charge on any atom is 0.135 e. The maximum absolute atomic E-state index is 14.5. The first-order chi connectivity index (χ1) is 12.0. The SMILES string of the molecule is CN(C)c1ccnc(-c2c(F)cc(F)cc2CNOn2cccn2)c1. The first-order valence-electron chi connectivity index (χ1n) is 7.56. The largest absolute Gasteiger partial charge is 0.378 e. The molecule has 0 fully saturated rings. The zero-order chi connectivity index (χ0) is 17.8. The Morgan fingerprint density at radius 1 is 1.20 bits per heavy atom. The van der Waals surface area contributed by atoms with E-state index in [-0.39, 0.29) is 12.1 Å². The van der Waals surface area contributed by atoms with Crippen LogP contribution in [0.25, 0.3) is 11.3 Å². The second-order valence-corrected chi connectivity index (χ2v) is 5.54. The lowest BCUT2D eigenvalue weighted by Gasteiger charge is -2.15. The van der Waals surface area contributed by atoms with Gasteiger partial charge in [-0.05, 0) is 29.8 Å². The molecule has 2 aromatic heterocycles. The van der Waals surface area contributed by atoms with Crippen molar-refractivity contribution in [3.8, 4) is 11.3 Å². The minimum absolute atomic E-state index is 0.0672. The second kappa shape index (κ2) is 7.27. The molecule has 8 heteroatoms. The predicted molar refractivity (Wildman–Crippen MR) is 89.6 cm³/mol. The minimum atomic E-state index is -0.681. The normalized spacial score (nSPS) is 10.7. The van der Waals surface area contributed by atoms with E-state index in [0.29, 0.717) is 11.3 Å². The molecule has 0 aliphatic carbocycles. The fraction of sp³-hybridized carbons (Fsp3) is 0.176. The Morgan fingerprint density at radius 2 is 2.04 bits per heavy atom. The van der Waals surface area contributed by atoms with Gasteiger partial charge in [-0.1, -0.05) is 4.85 Å². The van der Waals surface area contributed by atoms with E-state index in [1.165, 1.54) is 10.9 Å². The zero-order valence-corrected chi connectivity index (χ0v) is 13.8. The second-order valence-electron chi connectivity index (χ2n) is 5.54. The van der Waals surface area contributed by atoms with Crippen molar-refractivity contribution in [2.24, 2.45) is 0 Å². The van der Waals surface area contributed by atoms with Crippen LogP contribution in [0.4, 0.5) is 14.5 Å². The Labute approximate surface area is 143 Å². The topological polar surface area (TPSA) is 55.2 Å². The minimum Gasteiger partial charge on any atom is -0.378 e. The smallest absolute Gasteiger partial charge is 0.135 e. The van der Waals surface area contributed by atoms with Crippen molar-refractivity contribution < 1.29 is 13.7 Å². The Balaban J connectivity index is 1.91. The summed E-state index contributed by atoms with van der Waals surface area (Å²) in [6, 6.07) is 7.34. The van der Waals surface area contributed by atoms with E-state index in [4.69, 9.17) is 4.94 Å². The van der Waals surface area contributed by atoms with E-state index < -0.39 is 11.6 Å². The van der Waals surface area contributed by atoms with E-state index in [2.05, 4.69) is 15.6 Å². The summed E-state index contributed by atoms with van der Waals surface area (Å²) in [4.78, 5) is 12.5. The third-order valence-electron chi connectivity index (χ3n) is 3.55. The summed E-state index contributed by atoms with van der Waals surface area (Å²) < 4.78 is 28.1. The molecular weight excluding hydrogens is 328 g/mol. The van der Waals surface area contributed by atoms with Crippen LogP contribution in [0.15, 0.2) is 48.9 Å². The molecule has 6 nitrogen and oxygen atoms in total. The molecule has 0 saturated carbocycles. The number of aromatic nitrogens is 3. The quantitative estimate of drug-likeness (QED) is 0.696. The third-order valence-corrected chi connectivity index (χ3v) is 3.55. The van der Waals surface area contributed by atoms with Gasteiger partial charge >= 0.3 is 0 Å². The van der Waals surface area contributed by atoms with Gasteiger partial charge in [-0.2, -0.15) is 0 Å². The van der Waals surface area contributed by atoms with E-state index in [0.717, 1.165) is 11.8 Å². The highest BCUT2D eigenvalue weighted by molar-refractivity contribution is 5.68. The molecule has 25 heavy (non-hydrogen) atoms. The van der Waals surface area contributed by atoms with Crippen LogP contribution in [0, 0.1) is 11.6 Å². The molecule has 0 unspecified atom stereocenters. The summed E-state index contributed by atoms with van der Waals surface area (Å²) in [5.41, 5.74) is 4.52. The van der Waals surface area contributed by atoms with Crippen molar-refractivity contribution >= 4 is 5.69 Å². The molecule has 130 valence electrons. The summed E-state index contributed by atoms with van der Waals surface area (Å²) in [5.74, 6) is -1.35. The molecule has 0 spiro atoms. The van der Waals surface area contributed by atoms with Gasteiger partial charge in [-0.25, -0.2) is 8.78 Å². The van der Waals surface area contributed by atoms with Gasteiger partial charge in [0, 0.05) is 37.6 Å². The number of nitrogens with zero attached hydrogens (tertiary/aromatic N) is 4. The number of benzene rings is 1. The molecule has 1 N–H and O–H groups in total. The average molecular weight is 345 g/mol. The van der Waals surface area contributed by atoms with Crippen LogP contribution in [-0.4, -0.2) is 29.0 Å². The van der Waals surface area contributed by atoms with Crippen LogP contribution in [0.2, 0.25) is 0 Å². The summed E-state index contributed by atoms with van der Waals surface area (Å²) in [7, 11) is 3.75. The van der Waals surface area contributed by atoms with Gasteiger partial charge < -0.3 is 9.84 Å². The van der Waals surface area contributed by atoms with Gasteiger partial charge in [-0.3, -0.25) is 4.98 Å². The number of hydroxylamine groups is 1. The van der Waals surface area contributed by atoms with Crippen molar-refractivity contribution in [3.63, 3.8) is 0 Å². The van der Waals surface area contributed by atoms with Gasteiger partial charge in [-0.15, -0.1) is 10.6 Å². The van der Waals surface area contributed by atoms with Gasteiger partial charge in [0.1, 0.15) is 11.6 Å². The molecule has 2 heterocycles. The maximum atomic E-state index is 14.5. The van der Waals surface area contributed by atoms with E-state index in [1.807, 2.05) is 25.1 Å². The number of halogens is 2. The molecule has 0 atom stereocenters. The molecule has 0 bridgehead atoms. The van der Waals surface area contributed by atoms with E-state index in [1.54, 1.807) is 30.7 Å². The average Bonchev–Trinajstić information content (AvgIpc) is 3.08. The van der Waals surface area contributed by atoms with Crippen molar-refractivity contribution in [1.82, 2.24) is 20.4 Å². The Bertz CT molecular complexity index is 852. The van der Waals surface area contributed by atoms with Gasteiger partial charge in [0.25, 0.3) is 0 Å². The van der Waals surface area contributed by atoms with E-state index >= 15 is 0 Å². The molecule has 0 amide bonds. The van der Waals surface area contributed by atoms with Gasteiger partial charge in [0.2, 0.25) is 0 Å². The first-order valence-corrected chi connectivity index (χ1v) is 7.56. The Hall–Kier alpha value is -3.00. The summed E-state index contributed by atoms with van der Waals surface area (Å²) in [6.07, 6.45) is 4.72. The lowest BCUT2D eigenvalue weighted by Crippen LogP contribution is -2.27. The van der Waals surface area contributed by atoms with Gasteiger partial charge in [0.15, 0.2) is 0 Å². The van der Waals surface area contributed by atoms with Crippen LogP contribution in [0.3, 0.4) is 0 Å². The number of anilines is 1. The van der Waals surface area contributed by atoms with Gasteiger partial charge in [0.05, 0.1) is 24.6 Å². The molecule has 0 aliphatic heterocycles. The molecule has 0 saturated heterocycles. The lowest BCUT2D eigenvalue weighted by molar-refractivity contribution is -0.000781. The summed E-state index contributed by atoms with van der Waals surface area (Å²) in [5, 5.41) is 3.86. The fourth-order valence-electron chi connectivity index (χ4n) is 2.37. The van der Waals surface area contributed by atoms with Crippen molar-refractivity contribution in [2.75, 3.05) is 19.0 Å². The van der Waals surface area contributed by atoms with Crippen LogP contribution in [0.1, 0.15) is 5.56 Å². The van der Waals surface area contributed by atoms with Crippen LogP contribution in [0.5, 0.6) is 0 Å². The van der Waals surface area contributed by atoms with Crippen molar-refractivity contribution in [1.29, 1.82) is 0 Å². The molecule has 3 rings (SSSR count). The predicted octanol–water partition coefficient (Wildman–Crippen LogP) is 2.42. The highest BCUT2D eigenvalue weighted by Crippen LogP contribution is 2.28. The third kappa shape index (κ3) is 3.92. The number of hydrogen-bond acceptors (Lipinski definition) is 5. The number of nitrogens with one attached hydrogen (secondary N) is 1. The Kier molecular flexibility index (Phi) is 4.90. The molecule has 1 aromatic carbocycles. The molecule has 3 aromatic rings. The zero-order valence-electron chi connectivity index (χ0n) is 13.8. The molecule has 0 radical (unpaired) electrons. The summed E-state index contributed by atoms with van der Waals surface area (Å²) in [6.45, 7) is 0.0672.